The summed E-state index contributed by atoms with van der Waals surface area (Å²) in [6, 6.07) is 0. The fourth-order valence-corrected chi connectivity index (χ4v) is 1.19. The summed E-state index contributed by atoms with van der Waals surface area (Å²) in [7, 11) is 0. The Hall–Kier alpha value is -1.65. The molecule has 5 heteroatoms. The normalized spacial score (nSPS) is 10.3. The molecule has 0 fully saturated rings. The molecule has 0 radical (unpaired) electrons. The number of carbonyl (C=O) groups excluding carboxylic acids is 3. The van der Waals surface area contributed by atoms with Crippen molar-refractivity contribution in [2.24, 2.45) is 0 Å². The molecule has 1 N–H and O–H groups in total. The van der Waals surface area contributed by atoms with E-state index in [2.05, 4.69) is 5.32 Å². The van der Waals surface area contributed by atoms with Crippen LogP contribution < -0.4 is 5.32 Å². The number of ketones is 1. The van der Waals surface area contributed by atoms with Crippen molar-refractivity contribution < 1.29 is 19.1 Å². The first-order chi connectivity index (χ1) is 8.61. The molecule has 0 unspecified atom stereocenters. The van der Waals surface area contributed by atoms with Gasteiger partial charge in [-0.3, -0.25) is 14.4 Å². The lowest BCUT2D eigenvalue weighted by molar-refractivity contribution is -0.143. The predicted octanol–water partition coefficient (Wildman–Crippen LogP) is 1.37. The molecule has 5 nitrogen and oxygen atoms in total. The van der Waals surface area contributed by atoms with E-state index in [0.717, 1.165) is 12.8 Å². The van der Waals surface area contributed by atoms with E-state index in [1.807, 2.05) is 6.92 Å². The van der Waals surface area contributed by atoms with Crippen LogP contribution in [-0.2, 0) is 19.1 Å². The molecule has 0 rings (SSSR count). The van der Waals surface area contributed by atoms with Gasteiger partial charge in [-0.15, -0.1) is 0 Å². The van der Waals surface area contributed by atoms with Gasteiger partial charge in [0.05, 0.1) is 6.61 Å². The highest BCUT2D eigenvalue weighted by molar-refractivity contribution is 6.40. The van der Waals surface area contributed by atoms with Gasteiger partial charge < -0.3 is 10.1 Å². The highest BCUT2D eigenvalue weighted by Gasteiger charge is 2.09. The molecule has 102 valence electrons. The number of allylic oxidation sites excluding steroid dienone is 1. The van der Waals surface area contributed by atoms with E-state index in [1.54, 1.807) is 13.0 Å². The van der Waals surface area contributed by atoms with Gasteiger partial charge in [-0.1, -0.05) is 19.4 Å². The van der Waals surface area contributed by atoms with E-state index in [0.29, 0.717) is 19.6 Å². The second-order valence-corrected chi connectivity index (χ2v) is 3.72. The van der Waals surface area contributed by atoms with Crippen LogP contribution in [0.2, 0.25) is 0 Å². The summed E-state index contributed by atoms with van der Waals surface area (Å²) in [4.78, 5) is 33.5. The summed E-state index contributed by atoms with van der Waals surface area (Å²) in [5.74, 6) is -1.48. The molecule has 0 aromatic carbocycles. The molecular weight excluding hydrogens is 234 g/mol. The Kier molecular flexibility index (Phi) is 9.54. The molecule has 0 aliphatic rings. The van der Waals surface area contributed by atoms with Gasteiger partial charge >= 0.3 is 5.97 Å². The van der Waals surface area contributed by atoms with Crippen LogP contribution in [0.5, 0.6) is 0 Å². The number of ether oxygens (including phenoxy) is 1. The van der Waals surface area contributed by atoms with Crippen molar-refractivity contribution >= 4 is 17.7 Å². The Labute approximate surface area is 108 Å². The maximum atomic E-state index is 11.3. The van der Waals surface area contributed by atoms with Crippen molar-refractivity contribution in [3.63, 3.8) is 0 Å². The third-order valence-electron chi connectivity index (χ3n) is 2.10. The smallest absolute Gasteiger partial charge is 0.305 e. The van der Waals surface area contributed by atoms with E-state index in [1.165, 1.54) is 6.08 Å². The molecule has 0 aromatic rings. The summed E-state index contributed by atoms with van der Waals surface area (Å²) in [5.41, 5.74) is 0. The average molecular weight is 255 g/mol. The van der Waals surface area contributed by atoms with E-state index in [9.17, 15) is 14.4 Å². The third-order valence-corrected chi connectivity index (χ3v) is 2.10. The van der Waals surface area contributed by atoms with E-state index in [-0.39, 0.29) is 12.4 Å². The number of esters is 1. The number of hydrogen-bond donors (Lipinski definition) is 1. The number of amides is 1. The summed E-state index contributed by atoms with van der Waals surface area (Å²) in [6.07, 6.45) is 5.39. The lowest BCUT2D eigenvalue weighted by Gasteiger charge is -2.03. The van der Waals surface area contributed by atoms with Crippen LogP contribution >= 0.6 is 0 Å². The van der Waals surface area contributed by atoms with Crippen molar-refractivity contribution in [2.45, 2.75) is 39.5 Å². The topological polar surface area (TPSA) is 72.5 Å². The molecular formula is C13H21NO4. The minimum Gasteiger partial charge on any atom is -0.466 e. The van der Waals surface area contributed by atoms with Crippen molar-refractivity contribution in [3.05, 3.63) is 12.2 Å². The zero-order valence-corrected chi connectivity index (χ0v) is 11.0. The molecule has 0 saturated carbocycles. The SMILES string of the molecule is CCCC=CC(=O)C(=O)NCCCC(=O)OCC. The fraction of sp³-hybridized carbons (Fsp3) is 0.615. The van der Waals surface area contributed by atoms with Crippen molar-refractivity contribution in [2.75, 3.05) is 13.2 Å². The maximum Gasteiger partial charge on any atom is 0.305 e. The number of nitrogens with one attached hydrogen (secondary N) is 1. The van der Waals surface area contributed by atoms with Gasteiger partial charge in [0, 0.05) is 13.0 Å². The molecule has 18 heavy (non-hydrogen) atoms. The fourth-order valence-electron chi connectivity index (χ4n) is 1.19. The Balaban J connectivity index is 3.70. The first kappa shape index (κ1) is 16.4. The number of unbranched alkanes of at least 4 members (excludes halogenated alkanes) is 1. The maximum absolute atomic E-state index is 11.3. The van der Waals surface area contributed by atoms with Crippen LogP contribution in [0.15, 0.2) is 12.2 Å². The van der Waals surface area contributed by atoms with Gasteiger partial charge in [0.1, 0.15) is 0 Å². The Bertz CT molecular complexity index is 310. The number of hydrogen-bond acceptors (Lipinski definition) is 4. The molecule has 0 saturated heterocycles. The number of carbonyl (C=O) groups is 3. The van der Waals surface area contributed by atoms with Crippen LogP contribution in [0.1, 0.15) is 39.5 Å². The second-order valence-electron chi connectivity index (χ2n) is 3.72. The van der Waals surface area contributed by atoms with Crippen LogP contribution in [0.3, 0.4) is 0 Å². The minimum absolute atomic E-state index is 0.244. The van der Waals surface area contributed by atoms with Gasteiger partial charge in [0.25, 0.3) is 5.91 Å². The van der Waals surface area contributed by atoms with Gasteiger partial charge in [0.2, 0.25) is 5.78 Å². The summed E-state index contributed by atoms with van der Waals surface area (Å²) in [5, 5.41) is 2.46. The summed E-state index contributed by atoms with van der Waals surface area (Å²) in [6.45, 7) is 4.38. The van der Waals surface area contributed by atoms with Crippen molar-refractivity contribution in [3.8, 4) is 0 Å². The number of rotatable bonds is 9. The molecule has 0 atom stereocenters. The van der Waals surface area contributed by atoms with E-state index >= 15 is 0 Å². The van der Waals surface area contributed by atoms with Crippen molar-refractivity contribution in [1.82, 2.24) is 5.32 Å². The highest BCUT2D eigenvalue weighted by Crippen LogP contribution is 1.92. The minimum atomic E-state index is -0.633. The average Bonchev–Trinajstić information content (AvgIpc) is 2.35. The molecule has 0 spiro atoms. The Morgan fingerprint density at radius 3 is 2.56 bits per heavy atom. The van der Waals surface area contributed by atoms with Gasteiger partial charge in [0.15, 0.2) is 0 Å². The first-order valence-corrected chi connectivity index (χ1v) is 6.26. The highest BCUT2D eigenvalue weighted by atomic mass is 16.5. The largest absolute Gasteiger partial charge is 0.466 e. The van der Waals surface area contributed by atoms with Crippen LogP contribution in [0.25, 0.3) is 0 Å². The van der Waals surface area contributed by atoms with Crippen LogP contribution in [0.4, 0.5) is 0 Å². The van der Waals surface area contributed by atoms with E-state index < -0.39 is 11.7 Å². The summed E-state index contributed by atoms with van der Waals surface area (Å²) < 4.78 is 4.73. The Morgan fingerprint density at radius 2 is 1.94 bits per heavy atom. The third kappa shape index (κ3) is 8.50. The molecule has 0 heterocycles. The van der Waals surface area contributed by atoms with Gasteiger partial charge in [-0.25, -0.2) is 0 Å². The Morgan fingerprint density at radius 1 is 1.22 bits per heavy atom. The van der Waals surface area contributed by atoms with Crippen LogP contribution in [-0.4, -0.2) is 30.8 Å². The molecule has 1 amide bonds. The molecule has 0 aliphatic heterocycles. The lowest BCUT2D eigenvalue weighted by Crippen LogP contribution is -2.30. The predicted molar refractivity (Wildman–Crippen MR) is 67.9 cm³/mol. The monoisotopic (exact) mass is 255 g/mol. The van der Waals surface area contributed by atoms with Gasteiger partial charge in [-0.2, -0.15) is 0 Å². The molecule has 0 bridgehead atoms. The molecule has 0 aliphatic carbocycles. The zero-order chi connectivity index (χ0) is 13.8. The lowest BCUT2D eigenvalue weighted by atomic mass is 10.2. The first-order valence-electron chi connectivity index (χ1n) is 6.26. The quantitative estimate of drug-likeness (QED) is 0.292. The molecule has 0 aromatic heterocycles. The van der Waals surface area contributed by atoms with Crippen LogP contribution in [0, 0.1) is 0 Å². The summed E-state index contributed by atoms with van der Waals surface area (Å²) >= 11 is 0. The van der Waals surface area contributed by atoms with Crippen molar-refractivity contribution in [1.29, 1.82) is 0 Å². The zero-order valence-electron chi connectivity index (χ0n) is 11.0. The van der Waals surface area contributed by atoms with Gasteiger partial charge in [-0.05, 0) is 25.8 Å². The standard InChI is InChI=1S/C13H21NO4/c1-3-5-6-8-11(15)13(17)14-10-7-9-12(16)18-4-2/h6,8H,3-5,7,9-10H2,1-2H3,(H,14,17). The second kappa shape index (κ2) is 10.5. The van der Waals surface area contributed by atoms with E-state index in [4.69, 9.17) is 4.74 Å².